The molecule has 0 atom stereocenters. The van der Waals surface area contributed by atoms with Crippen LogP contribution in [0.4, 0.5) is 30.6 Å². The molecular weight excluding hydrogens is 1010 g/mol. The van der Waals surface area contributed by atoms with Gasteiger partial charge >= 0.3 is 30.6 Å². The Balaban J connectivity index is 0.000000341. The number of nitrogen functional groups attached to an aromatic ring is 1. The Morgan fingerprint density at radius 3 is 1.33 bits per heavy atom. The molecule has 6 N–H and O–H groups in total. The summed E-state index contributed by atoms with van der Waals surface area (Å²) in [4.78, 5) is 101. The fraction of sp³-hybridized carbons (Fsp3) is 0.368. The van der Waals surface area contributed by atoms with Crippen LogP contribution in [0.15, 0.2) is 94.8 Å². The number of ether oxygens (including phenoxy) is 8. The molecular formula is C57H70N4O17. The molecule has 21 heteroatoms. The molecule has 6 aromatic rings. The molecule has 6 rings (SSSR count). The third kappa shape index (κ3) is 16.1. The Hall–Kier alpha value is -8.88. The van der Waals surface area contributed by atoms with Crippen molar-refractivity contribution in [1.29, 1.82) is 0 Å². The maximum absolute atomic E-state index is 13.3. The quantitative estimate of drug-likeness (QED) is 0.0348. The molecule has 0 fully saturated rings. The van der Waals surface area contributed by atoms with E-state index in [4.69, 9.17) is 29.8 Å². The molecule has 420 valence electrons. The maximum atomic E-state index is 13.3. The molecule has 0 aliphatic rings. The summed E-state index contributed by atoms with van der Waals surface area (Å²) in [7, 11) is 4.84. The number of H-pyrrole nitrogens is 2. The van der Waals surface area contributed by atoms with Gasteiger partial charge in [0.15, 0.2) is 0 Å². The number of nitrogens with two attached hydrogens (primary N) is 1. The van der Waals surface area contributed by atoms with Gasteiger partial charge in [0.2, 0.25) is 10.9 Å². The van der Waals surface area contributed by atoms with Crippen LogP contribution >= 0.6 is 0 Å². The van der Waals surface area contributed by atoms with Crippen LogP contribution in [0.25, 0.3) is 21.8 Å². The van der Waals surface area contributed by atoms with E-state index >= 15 is 0 Å². The number of carbonyl (C=O) groups excluding carboxylic acids is 5. The van der Waals surface area contributed by atoms with Crippen LogP contribution in [0.1, 0.15) is 120 Å². The molecule has 21 nitrogen and oxygen atoms in total. The Morgan fingerprint density at radius 2 is 0.923 bits per heavy atom. The van der Waals surface area contributed by atoms with Crippen molar-refractivity contribution in [2.24, 2.45) is 0 Å². The Kier molecular flexibility index (Phi) is 21.3. The summed E-state index contributed by atoms with van der Waals surface area (Å²) in [6.45, 7) is 19.2. The molecule has 2 heterocycles. The van der Waals surface area contributed by atoms with Crippen LogP contribution in [0.3, 0.4) is 0 Å². The molecule has 0 saturated carbocycles. The Morgan fingerprint density at radius 1 is 0.538 bits per heavy atom. The number of hydrogen-bond acceptors (Lipinski definition) is 17. The lowest BCUT2D eigenvalue weighted by atomic mass is 9.78. The minimum absolute atomic E-state index is 0. The smallest absolute Gasteiger partial charge is 0.477 e. The highest BCUT2D eigenvalue weighted by Crippen LogP contribution is 2.42. The zero-order chi connectivity index (χ0) is 57.8. The van der Waals surface area contributed by atoms with Crippen molar-refractivity contribution in [1.82, 2.24) is 9.97 Å². The van der Waals surface area contributed by atoms with Crippen LogP contribution in [0.5, 0.6) is 11.5 Å². The predicted molar refractivity (Wildman–Crippen MR) is 294 cm³/mol. The van der Waals surface area contributed by atoms with Gasteiger partial charge in [-0.15, -0.1) is 0 Å². The number of methoxy groups -OCH3 is 4. The van der Waals surface area contributed by atoms with E-state index in [1.165, 1.54) is 46.9 Å². The minimum atomic E-state index is -1.21. The molecule has 0 aliphatic heterocycles. The van der Waals surface area contributed by atoms with Gasteiger partial charge in [0.1, 0.15) is 35.8 Å². The van der Waals surface area contributed by atoms with Crippen molar-refractivity contribution in [2.45, 2.75) is 98.3 Å². The fourth-order valence-electron chi connectivity index (χ4n) is 7.64. The van der Waals surface area contributed by atoms with Gasteiger partial charge in [-0.2, -0.15) is 0 Å². The summed E-state index contributed by atoms with van der Waals surface area (Å²) >= 11 is 0. The van der Waals surface area contributed by atoms with Crippen LogP contribution in [-0.4, -0.2) is 93.2 Å². The normalized spacial score (nSPS) is 11.2. The van der Waals surface area contributed by atoms with E-state index in [2.05, 4.69) is 34.2 Å². The zero-order valence-corrected chi connectivity index (χ0v) is 45.6. The van der Waals surface area contributed by atoms with E-state index in [0.717, 1.165) is 5.56 Å². The first kappa shape index (κ1) is 63.4. The average molecular weight is 1080 g/mol. The zero-order valence-electron chi connectivity index (χ0n) is 45.6. The molecule has 1 amide bonds. The van der Waals surface area contributed by atoms with Gasteiger partial charge in [-0.1, -0.05) is 101 Å². The number of rotatable bonds is 11. The number of amides is 1. The number of aromatic carboxylic acids is 1. The molecule has 0 radical (unpaired) electrons. The van der Waals surface area contributed by atoms with Crippen molar-refractivity contribution < 1.29 is 71.8 Å². The topological polar surface area (TPSA) is 300 Å². The van der Waals surface area contributed by atoms with Gasteiger partial charge in [-0.05, 0) is 58.4 Å². The number of pyridine rings is 2. The molecule has 78 heavy (non-hydrogen) atoms. The van der Waals surface area contributed by atoms with Crippen molar-refractivity contribution in [3.8, 4) is 11.5 Å². The summed E-state index contributed by atoms with van der Waals surface area (Å²) in [6.07, 6.45) is -0.877. The predicted octanol–water partition coefficient (Wildman–Crippen LogP) is 10.9. The number of aromatic amines is 2. The van der Waals surface area contributed by atoms with Crippen LogP contribution in [-0.2, 0) is 50.1 Å². The SMILES string of the molecule is C.COC(=O)OCC(C)(C)c1cc(C(C)(C)C)c(N)cc1OC(=O)OC.COC(=O)OCC(C)(C)c1cc(C(C)(C)C)c(NC(=O)c2c[nH]c3ccccc3c2=O)cc1OC(=O)OC.O=C(O)c1c[nH]c2ccccc2c1=O. The third-order valence-electron chi connectivity index (χ3n) is 11.8. The number of nitrogens with one attached hydrogen (secondary N) is 3. The number of fused-ring (bicyclic) bond motifs is 2. The number of carboxylic acid groups (broad SMARTS) is 1. The molecule has 0 unspecified atom stereocenters. The molecule has 4 aromatic carbocycles. The van der Waals surface area contributed by atoms with Gasteiger partial charge in [-0.3, -0.25) is 14.4 Å². The van der Waals surface area contributed by atoms with E-state index in [1.54, 1.807) is 74.5 Å². The fourth-order valence-corrected chi connectivity index (χ4v) is 7.64. The number of para-hydroxylation sites is 2. The van der Waals surface area contributed by atoms with E-state index in [1.807, 2.05) is 61.5 Å². The lowest BCUT2D eigenvalue weighted by Crippen LogP contribution is -2.29. The van der Waals surface area contributed by atoms with Crippen LogP contribution < -0.4 is 31.4 Å². The number of aromatic nitrogens is 2. The Bertz CT molecular complexity index is 3290. The lowest BCUT2D eigenvalue weighted by Gasteiger charge is -2.31. The van der Waals surface area contributed by atoms with Crippen LogP contribution in [0.2, 0.25) is 0 Å². The highest BCUT2D eigenvalue weighted by molar-refractivity contribution is 6.06. The van der Waals surface area contributed by atoms with E-state index < -0.39 is 63.6 Å². The Labute approximate surface area is 451 Å². The first-order chi connectivity index (χ1) is 35.9. The molecule has 0 saturated heterocycles. The standard InChI is InChI=1S/C28H32N2O8.C18H27NO6.C10H7NO3.CH4/c1-27(2,3)18-12-19(28(4,5)15-37-25(33)35-6)22(38-26(34)36-7)13-21(18)30-24(32)17-14-29-20-11-9-8-10-16(20)23(17)31;1-17(2,3)11-8-12(18(4,5)10-24-15(20)22-6)14(9-13(11)19)25-16(21)23-7;12-9-6-3-1-2-4-8(6)11-5-7(9)10(13)14;/h8-14H,15H2,1-7H3,(H,29,31)(H,30,32);8-9H,10,19H2,1-7H3;1-5H,(H,11,12)(H,13,14);1H4. The molecule has 0 aliphatic carbocycles. The van der Waals surface area contributed by atoms with Crippen molar-refractivity contribution >= 4 is 69.7 Å². The third-order valence-corrected chi connectivity index (χ3v) is 11.8. The molecule has 0 spiro atoms. The van der Waals surface area contributed by atoms with Crippen LogP contribution in [0, 0.1) is 0 Å². The summed E-state index contributed by atoms with van der Waals surface area (Å²) in [6, 6.07) is 20.4. The second kappa shape index (κ2) is 26.3. The van der Waals surface area contributed by atoms with Crippen molar-refractivity contribution in [3.63, 3.8) is 0 Å². The van der Waals surface area contributed by atoms with Gasteiger partial charge in [0.25, 0.3) is 5.91 Å². The number of carbonyl (C=O) groups is 6. The number of hydrogen-bond donors (Lipinski definition) is 5. The molecule has 0 bridgehead atoms. The summed E-state index contributed by atoms with van der Waals surface area (Å²) in [5.41, 5.74) is 7.63. The number of benzene rings is 4. The monoisotopic (exact) mass is 1080 g/mol. The summed E-state index contributed by atoms with van der Waals surface area (Å²) < 4.78 is 39.3. The second-order valence-corrected chi connectivity index (χ2v) is 20.6. The summed E-state index contributed by atoms with van der Waals surface area (Å²) in [5.74, 6) is -1.49. The van der Waals surface area contributed by atoms with Gasteiger partial charge < -0.3 is 64.0 Å². The van der Waals surface area contributed by atoms with Gasteiger partial charge in [0, 0.05) is 79.7 Å². The highest BCUT2D eigenvalue weighted by atomic mass is 16.7. The number of carboxylic acids is 1. The van der Waals surface area contributed by atoms with E-state index in [-0.39, 0.29) is 48.7 Å². The number of anilines is 2. The van der Waals surface area contributed by atoms with E-state index in [0.29, 0.717) is 49.9 Å². The average Bonchev–Trinajstić information content (AvgIpc) is 3.37. The first-order valence-electron chi connectivity index (χ1n) is 23.7. The largest absolute Gasteiger partial charge is 0.513 e. The van der Waals surface area contributed by atoms with E-state index in [9.17, 15) is 38.4 Å². The van der Waals surface area contributed by atoms with Gasteiger partial charge in [-0.25, -0.2) is 24.0 Å². The minimum Gasteiger partial charge on any atom is -0.477 e. The van der Waals surface area contributed by atoms with Crippen molar-refractivity contribution in [2.75, 3.05) is 52.7 Å². The second-order valence-electron chi connectivity index (χ2n) is 20.6. The van der Waals surface area contributed by atoms with Gasteiger partial charge in [0.05, 0.1) is 28.4 Å². The molecule has 2 aromatic heterocycles. The first-order valence-corrected chi connectivity index (χ1v) is 23.7. The lowest BCUT2D eigenvalue weighted by molar-refractivity contribution is 0.0566. The summed E-state index contributed by atoms with van der Waals surface area (Å²) in [5, 5.41) is 12.3. The van der Waals surface area contributed by atoms with Crippen molar-refractivity contribution in [3.05, 3.63) is 139 Å². The maximum Gasteiger partial charge on any atom is 0.513 e. The highest BCUT2D eigenvalue weighted by Gasteiger charge is 2.34.